The normalized spacial score (nSPS) is 27.9. The zero-order chi connectivity index (χ0) is 13.8. The van der Waals surface area contributed by atoms with Crippen LogP contribution in [0.25, 0.3) is 0 Å². The van der Waals surface area contributed by atoms with Crippen molar-refractivity contribution in [3.8, 4) is 0 Å². The molecule has 1 amide bonds. The fraction of sp³-hybridized carbons (Fsp3) is 0.938. The summed E-state index contributed by atoms with van der Waals surface area (Å²) in [4.78, 5) is 16.9. The summed E-state index contributed by atoms with van der Waals surface area (Å²) in [5.41, 5.74) is 0.800. The van der Waals surface area contributed by atoms with E-state index in [0.29, 0.717) is 22.8 Å². The largest absolute Gasteiger partial charge is 0.342 e. The number of nitrogens with zero attached hydrogens (tertiary/aromatic N) is 2. The van der Waals surface area contributed by atoms with E-state index in [4.69, 9.17) is 0 Å². The van der Waals surface area contributed by atoms with Crippen molar-refractivity contribution >= 4 is 5.91 Å². The highest BCUT2D eigenvalue weighted by Crippen LogP contribution is 2.54. The highest BCUT2D eigenvalue weighted by Gasteiger charge is 2.56. The Labute approximate surface area is 117 Å². The standard InChI is InChI=1S/C16H28N2O/c1-5-12-8-17(9-12)14(19)13-6-16(7-13)10-18(11-16)15(2,3)4/h12-13H,5-11H2,1-4H3. The highest BCUT2D eigenvalue weighted by molar-refractivity contribution is 5.80. The number of rotatable bonds is 2. The third-order valence-corrected chi connectivity index (χ3v) is 5.56. The van der Waals surface area contributed by atoms with E-state index in [1.54, 1.807) is 0 Å². The van der Waals surface area contributed by atoms with Gasteiger partial charge in [-0.05, 0) is 51.4 Å². The lowest BCUT2D eigenvalue weighted by Crippen LogP contribution is -2.68. The van der Waals surface area contributed by atoms with E-state index in [-0.39, 0.29) is 0 Å². The van der Waals surface area contributed by atoms with Crippen molar-refractivity contribution in [1.29, 1.82) is 0 Å². The van der Waals surface area contributed by atoms with Gasteiger partial charge in [-0.1, -0.05) is 6.92 Å². The molecule has 3 rings (SSSR count). The molecule has 2 heterocycles. The smallest absolute Gasteiger partial charge is 0.225 e. The van der Waals surface area contributed by atoms with Gasteiger partial charge in [-0.3, -0.25) is 9.69 Å². The fourth-order valence-electron chi connectivity index (χ4n) is 3.92. The zero-order valence-electron chi connectivity index (χ0n) is 12.9. The van der Waals surface area contributed by atoms with E-state index in [9.17, 15) is 4.79 Å². The predicted molar refractivity (Wildman–Crippen MR) is 76.8 cm³/mol. The minimum atomic E-state index is 0.298. The van der Waals surface area contributed by atoms with Crippen LogP contribution in [0.5, 0.6) is 0 Å². The van der Waals surface area contributed by atoms with E-state index in [2.05, 4.69) is 37.5 Å². The van der Waals surface area contributed by atoms with Crippen molar-refractivity contribution in [2.24, 2.45) is 17.3 Å². The molecule has 0 atom stereocenters. The summed E-state index contributed by atoms with van der Waals surface area (Å²) in [7, 11) is 0. The van der Waals surface area contributed by atoms with Crippen LogP contribution in [0.1, 0.15) is 47.0 Å². The Hall–Kier alpha value is -0.570. The number of carbonyl (C=O) groups is 1. The summed E-state index contributed by atoms with van der Waals surface area (Å²) in [6, 6.07) is 0. The average molecular weight is 264 g/mol. The number of hydrogen-bond acceptors (Lipinski definition) is 2. The number of hydrogen-bond donors (Lipinski definition) is 0. The molecular formula is C16H28N2O. The molecule has 0 bridgehead atoms. The molecule has 0 unspecified atom stereocenters. The molecule has 3 heteroatoms. The van der Waals surface area contributed by atoms with Gasteiger partial charge in [0.15, 0.2) is 0 Å². The Kier molecular flexibility index (Phi) is 2.97. The van der Waals surface area contributed by atoms with Crippen LogP contribution in [-0.4, -0.2) is 47.4 Å². The summed E-state index contributed by atoms with van der Waals surface area (Å²) in [5, 5.41) is 0. The minimum absolute atomic E-state index is 0.298. The van der Waals surface area contributed by atoms with Crippen LogP contribution in [0.2, 0.25) is 0 Å². The molecule has 1 spiro atoms. The van der Waals surface area contributed by atoms with Crippen molar-refractivity contribution in [3.05, 3.63) is 0 Å². The van der Waals surface area contributed by atoms with Crippen molar-refractivity contribution in [1.82, 2.24) is 9.80 Å². The molecule has 0 aromatic heterocycles. The van der Waals surface area contributed by atoms with Crippen LogP contribution in [0.4, 0.5) is 0 Å². The van der Waals surface area contributed by atoms with E-state index < -0.39 is 0 Å². The van der Waals surface area contributed by atoms with Gasteiger partial charge in [0.25, 0.3) is 0 Å². The van der Waals surface area contributed by atoms with Crippen LogP contribution in [0.15, 0.2) is 0 Å². The monoisotopic (exact) mass is 264 g/mol. The Morgan fingerprint density at radius 2 is 1.79 bits per heavy atom. The summed E-state index contributed by atoms with van der Waals surface area (Å²) in [5.74, 6) is 1.57. The van der Waals surface area contributed by atoms with Gasteiger partial charge >= 0.3 is 0 Å². The molecule has 0 aromatic carbocycles. The Balaban J connectivity index is 1.43. The number of likely N-dealkylation sites (tertiary alicyclic amines) is 2. The van der Waals surface area contributed by atoms with Crippen molar-refractivity contribution in [3.63, 3.8) is 0 Å². The molecule has 19 heavy (non-hydrogen) atoms. The van der Waals surface area contributed by atoms with Crippen LogP contribution >= 0.6 is 0 Å². The first-order valence-corrected chi connectivity index (χ1v) is 7.87. The molecule has 0 N–H and O–H groups in total. The second kappa shape index (κ2) is 4.21. The maximum atomic E-state index is 12.3. The minimum Gasteiger partial charge on any atom is -0.342 e. The lowest BCUT2D eigenvalue weighted by Gasteiger charge is -2.63. The van der Waals surface area contributed by atoms with E-state index in [1.165, 1.54) is 19.5 Å². The van der Waals surface area contributed by atoms with Crippen LogP contribution in [0.3, 0.4) is 0 Å². The first-order valence-electron chi connectivity index (χ1n) is 7.87. The molecule has 108 valence electrons. The van der Waals surface area contributed by atoms with Crippen molar-refractivity contribution in [2.45, 2.75) is 52.5 Å². The topological polar surface area (TPSA) is 23.6 Å². The van der Waals surface area contributed by atoms with Gasteiger partial charge in [0, 0.05) is 37.6 Å². The molecule has 3 fully saturated rings. The van der Waals surface area contributed by atoms with Gasteiger partial charge in [0.1, 0.15) is 0 Å². The SMILES string of the molecule is CCC1CN(C(=O)C2CC3(C2)CN(C(C)(C)C)C3)C1. The third kappa shape index (κ3) is 2.20. The van der Waals surface area contributed by atoms with Crippen molar-refractivity contribution in [2.75, 3.05) is 26.2 Å². The predicted octanol–water partition coefficient (Wildman–Crippen LogP) is 2.37. The Morgan fingerprint density at radius 3 is 2.26 bits per heavy atom. The third-order valence-electron chi connectivity index (χ3n) is 5.56. The van der Waals surface area contributed by atoms with Gasteiger partial charge in [-0.25, -0.2) is 0 Å². The number of carbonyl (C=O) groups excluding carboxylic acids is 1. The van der Waals surface area contributed by atoms with Crippen LogP contribution in [0, 0.1) is 17.3 Å². The van der Waals surface area contributed by atoms with Gasteiger partial charge < -0.3 is 4.90 Å². The second-order valence-corrected chi connectivity index (χ2v) is 8.15. The molecular weight excluding hydrogens is 236 g/mol. The van der Waals surface area contributed by atoms with Gasteiger partial charge in [0.05, 0.1) is 0 Å². The first kappa shape index (κ1) is 13.4. The molecule has 0 radical (unpaired) electrons. The fourth-order valence-corrected chi connectivity index (χ4v) is 3.92. The van der Waals surface area contributed by atoms with Gasteiger partial charge in [-0.15, -0.1) is 0 Å². The Bertz CT molecular complexity index is 365. The van der Waals surface area contributed by atoms with Gasteiger partial charge in [0.2, 0.25) is 5.91 Å². The summed E-state index contributed by atoms with van der Waals surface area (Å²) in [6.07, 6.45) is 3.51. The molecule has 3 aliphatic rings. The number of amides is 1. The molecule has 2 saturated heterocycles. The lowest BCUT2D eigenvalue weighted by atomic mass is 9.56. The average Bonchev–Trinajstić information content (AvgIpc) is 2.08. The van der Waals surface area contributed by atoms with Crippen LogP contribution in [-0.2, 0) is 4.79 Å². The van der Waals surface area contributed by atoms with E-state index >= 15 is 0 Å². The molecule has 1 aliphatic carbocycles. The maximum Gasteiger partial charge on any atom is 0.225 e. The van der Waals surface area contributed by atoms with Crippen molar-refractivity contribution < 1.29 is 4.79 Å². The molecule has 3 nitrogen and oxygen atoms in total. The molecule has 2 aliphatic heterocycles. The zero-order valence-corrected chi connectivity index (χ0v) is 12.9. The molecule has 1 saturated carbocycles. The summed E-state index contributed by atoms with van der Waals surface area (Å²) < 4.78 is 0. The Morgan fingerprint density at radius 1 is 1.21 bits per heavy atom. The van der Waals surface area contributed by atoms with E-state index in [1.807, 2.05) is 0 Å². The van der Waals surface area contributed by atoms with Crippen LogP contribution < -0.4 is 0 Å². The first-order chi connectivity index (χ1) is 8.83. The van der Waals surface area contributed by atoms with E-state index in [0.717, 1.165) is 31.8 Å². The highest BCUT2D eigenvalue weighted by atomic mass is 16.2. The van der Waals surface area contributed by atoms with Gasteiger partial charge in [-0.2, -0.15) is 0 Å². The summed E-state index contributed by atoms with van der Waals surface area (Å²) in [6.45, 7) is 13.5. The lowest BCUT2D eigenvalue weighted by molar-refractivity contribution is -0.167. The second-order valence-electron chi connectivity index (χ2n) is 8.15. The maximum absolute atomic E-state index is 12.3. The molecule has 0 aromatic rings. The quantitative estimate of drug-likeness (QED) is 0.764. The summed E-state index contributed by atoms with van der Waals surface area (Å²) >= 11 is 0.